The van der Waals surface area contributed by atoms with Crippen molar-refractivity contribution < 1.29 is 46.5 Å². The number of hydrogen-bond acceptors (Lipinski definition) is 7. The third-order valence-electron chi connectivity index (χ3n) is 10.4. The Morgan fingerprint density at radius 2 is 1.00 bits per heavy atom. The van der Waals surface area contributed by atoms with Crippen molar-refractivity contribution >= 4 is 55.2 Å². The average molecular weight is 1040 g/mol. The molecule has 0 amide bonds. The Balaban J connectivity index is 0.000000199. The Kier molecular flexibility index (Phi) is 14.6. The Morgan fingerprint density at radius 1 is 0.567 bits per heavy atom. The Labute approximate surface area is 399 Å². The van der Waals surface area contributed by atoms with Gasteiger partial charge in [0, 0.05) is 77.5 Å². The molecule has 8 aromatic rings. The maximum atomic E-state index is 14.1. The number of benzene rings is 6. The first-order valence-electron chi connectivity index (χ1n) is 20.2. The van der Waals surface area contributed by atoms with Crippen LogP contribution < -0.4 is 20.9 Å². The number of nitrogen functional groups attached to an aromatic ring is 2. The number of aromatic carboxylic acids is 1. The van der Waals surface area contributed by atoms with Gasteiger partial charge in [0.15, 0.2) is 0 Å². The number of carboxylic acid groups (broad SMARTS) is 1. The van der Waals surface area contributed by atoms with Gasteiger partial charge in [-0.15, -0.1) is 0 Å². The monoisotopic (exact) mass is 1040 g/mol. The fourth-order valence-corrected chi connectivity index (χ4v) is 8.04. The average Bonchev–Trinajstić information content (AvgIpc) is 3.87. The van der Waals surface area contributed by atoms with Crippen LogP contribution in [0.5, 0.6) is 11.5 Å². The summed E-state index contributed by atoms with van der Waals surface area (Å²) in [6.07, 6.45) is 0. The summed E-state index contributed by atoms with van der Waals surface area (Å²) >= 11 is 6.98. The van der Waals surface area contributed by atoms with Gasteiger partial charge < -0.3 is 39.9 Å². The minimum Gasteiger partial charge on any atom is -0.488 e. The summed E-state index contributed by atoms with van der Waals surface area (Å²) in [5, 5.41) is 9.44. The highest BCUT2D eigenvalue weighted by Crippen LogP contribution is 2.38. The van der Waals surface area contributed by atoms with E-state index in [1.165, 1.54) is 37.4 Å². The van der Waals surface area contributed by atoms with E-state index >= 15 is 0 Å². The molecule has 6 aromatic carbocycles. The first-order chi connectivity index (χ1) is 32.0. The van der Waals surface area contributed by atoms with Gasteiger partial charge in [0.2, 0.25) is 0 Å². The first kappa shape index (κ1) is 47.7. The number of esters is 1. The second-order valence-electron chi connectivity index (χ2n) is 15.1. The smallest absolute Gasteiger partial charge is 0.337 e. The van der Waals surface area contributed by atoms with Gasteiger partial charge in [-0.1, -0.05) is 31.9 Å². The summed E-state index contributed by atoms with van der Waals surface area (Å²) < 4.78 is 76.8. The molecular weight excluding hydrogens is 1000 g/mol. The standard InChI is InChI=1S/C26H21BrF2N2O3.C25H19BrF2N2O3/c1-15-3-7-24(31(15)21-10-17(26(32)33-2)9-20(30)13-21)22-11-18(27)5-8-25(22)34-14-16-4-6-19(28)12-23(16)29;1-14-2-6-23(30(14)20-9-16(25(31)32)8-19(29)12-20)21-10-17(26)4-7-24(21)33-13-15-3-5-18(27)11-22(15)28/h3-13H,14,30H2,1-2H3;2-12H,13,29H2,1H3,(H,31,32). The second-order valence-corrected chi connectivity index (χ2v) is 17.0. The van der Waals surface area contributed by atoms with Gasteiger partial charge in [0.05, 0.1) is 29.6 Å². The zero-order chi connectivity index (χ0) is 48.1. The highest BCUT2D eigenvalue weighted by Gasteiger charge is 2.20. The van der Waals surface area contributed by atoms with Gasteiger partial charge in [-0.2, -0.15) is 0 Å². The molecule has 67 heavy (non-hydrogen) atoms. The predicted molar refractivity (Wildman–Crippen MR) is 256 cm³/mol. The van der Waals surface area contributed by atoms with Gasteiger partial charge in [-0.25, -0.2) is 27.2 Å². The largest absolute Gasteiger partial charge is 0.488 e. The van der Waals surface area contributed by atoms with Crippen LogP contribution in [0.2, 0.25) is 0 Å². The molecule has 2 heterocycles. The zero-order valence-corrected chi connectivity index (χ0v) is 39.1. The number of aromatic nitrogens is 2. The molecule has 0 radical (unpaired) electrons. The van der Waals surface area contributed by atoms with Crippen LogP contribution in [0.25, 0.3) is 33.9 Å². The summed E-state index contributed by atoms with van der Waals surface area (Å²) in [6, 6.07) is 34.8. The Morgan fingerprint density at radius 3 is 1.42 bits per heavy atom. The third-order valence-corrected chi connectivity index (χ3v) is 11.4. The number of halogens is 6. The molecule has 2 aromatic heterocycles. The van der Waals surface area contributed by atoms with Crippen molar-refractivity contribution in [1.29, 1.82) is 0 Å². The molecule has 0 spiro atoms. The number of carboxylic acids is 1. The molecular formula is C51H40Br2F4N4O6. The Bertz CT molecular complexity index is 3170. The van der Waals surface area contributed by atoms with Crippen molar-refractivity contribution in [1.82, 2.24) is 9.13 Å². The van der Waals surface area contributed by atoms with Crippen molar-refractivity contribution in [2.75, 3.05) is 18.6 Å². The summed E-state index contributed by atoms with van der Waals surface area (Å²) in [5.41, 5.74) is 19.5. The van der Waals surface area contributed by atoms with Crippen LogP contribution in [0.3, 0.4) is 0 Å². The molecule has 0 aliphatic rings. The van der Waals surface area contributed by atoms with Crippen molar-refractivity contribution in [2.24, 2.45) is 0 Å². The van der Waals surface area contributed by atoms with Crippen LogP contribution in [-0.2, 0) is 18.0 Å². The number of methoxy groups -OCH3 is 1. The maximum absolute atomic E-state index is 14.1. The number of carbonyl (C=O) groups is 2. The SMILES string of the molecule is COC(=O)c1cc(N)cc(-n2c(C)ccc2-c2cc(Br)ccc2OCc2ccc(F)cc2F)c1.Cc1ccc(-c2cc(Br)ccc2OCc2ccc(F)cc2F)n1-c1cc(N)cc(C(=O)O)c1. The lowest BCUT2D eigenvalue weighted by molar-refractivity contribution is 0.0599. The summed E-state index contributed by atoms with van der Waals surface area (Å²) in [6.45, 7) is 3.64. The number of ether oxygens (including phenoxy) is 3. The van der Waals surface area contributed by atoms with Gasteiger partial charge in [0.25, 0.3) is 0 Å². The molecule has 0 bridgehead atoms. The van der Waals surface area contributed by atoms with Gasteiger partial charge in [0.1, 0.15) is 48.0 Å². The molecule has 16 heteroatoms. The number of rotatable bonds is 12. The quantitative estimate of drug-likeness (QED) is 0.0623. The molecule has 5 N–H and O–H groups in total. The van der Waals surface area contributed by atoms with E-state index in [-0.39, 0.29) is 29.9 Å². The fourth-order valence-electron chi connectivity index (χ4n) is 7.31. The molecule has 0 aliphatic carbocycles. The lowest BCUT2D eigenvalue weighted by Crippen LogP contribution is -2.07. The van der Waals surface area contributed by atoms with Crippen LogP contribution in [0.15, 0.2) is 142 Å². The third kappa shape index (κ3) is 11.0. The van der Waals surface area contributed by atoms with Crippen LogP contribution in [-0.4, -0.2) is 33.3 Å². The number of carbonyl (C=O) groups excluding carboxylic acids is 1. The molecule has 0 fully saturated rings. The van der Waals surface area contributed by atoms with Crippen molar-refractivity contribution in [2.45, 2.75) is 27.1 Å². The molecule has 342 valence electrons. The lowest BCUT2D eigenvalue weighted by atomic mass is 10.1. The van der Waals surface area contributed by atoms with Crippen LogP contribution in [0.4, 0.5) is 28.9 Å². The van der Waals surface area contributed by atoms with Crippen molar-refractivity contribution in [3.8, 4) is 45.4 Å². The van der Waals surface area contributed by atoms with Gasteiger partial charge in [-0.05, 0) is 135 Å². The van der Waals surface area contributed by atoms with E-state index in [4.69, 9.17) is 25.7 Å². The number of aryl methyl sites for hydroxylation is 2. The first-order valence-corrected chi connectivity index (χ1v) is 21.8. The molecule has 0 saturated heterocycles. The summed E-state index contributed by atoms with van der Waals surface area (Å²) in [5.74, 6) is -3.26. The highest BCUT2D eigenvalue weighted by atomic mass is 79.9. The van der Waals surface area contributed by atoms with Crippen LogP contribution in [0, 0.1) is 37.1 Å². The van der Waals surface area contributed by atoms with E-state index in [9.17, 15) is 32.3 Å². The molecule has 10 nitrogen and oxygen atoms in total. The van der Waals surface area contributed by atoms with E-state index in [0.29, 0.717) is 45.4 Å². The number of hydrogen-bond donors (Lipinski definition) is 3. The lowest BCUT2D eigenvalue weighted by Gasteiger charge is -2.17. The minimum atomic E-state index is -1.08. The van der Waals surface area contributed by atoms with E-state index in [1.54, 1.807) is 48.5 Å². The van der Waals surface area contributed by atoms with Crippen molar-refractivity contribution in [3.63, 3.8) is 0 Å². The molecule has 0 aliphatic heterocycles. The molecule has 0 unspecified atom stereocenters. The van der Waals surface area contributed by atoms with E-state index in [0.717, 1.165) is 49.4 Å². The number of anilines is 2. The molecule has 0 saturated carbocycles. The van der Waals surface area contributed by atoms with E-state index < -0.39 is 35.2 Å². The summed E-state index contributed by atoms with van der Waals surface area (Å²) in [4.78, 5) is 23.7. The predicted octanol–water partition coefficient (Wildman–Crippen LogP) is 12.8. The maximum Gasteiger partial charge on any atom is 0.337 e. The summed E-state index contributed by atoms with van der Waals surface area (Å²) in [7, 11) is 1.31. The minimum absolute atomic E-state index is 0.0709. The number of nitrogens with zero attached hydrogens (tertiary/aromatic N) is 2. The van der Waals surface area contributed by atoms with Gasteiger partial charge >= 0.3 is 11.9 Å². The van der Waals surface area contributed by atoms with E-state index in [2.05, 4.69) is 31.9 Å². The fraction of sp³-hybridized carbons (Fsp3) is 0.0980. The molecule has 8 rings (SSSR count). The highest BCUT2D eigenvalue weighted by molar-refractivity contribution is 9.10. The number of nitrogens with two attached hydrogens (primary N) is 2. The van der Waals surface area contributed by atoms with Crippen LogP contribution in [0.1, 0.15) is 43.2 Å². The topological polar surface area (TPSA) is 144 Å². The molecule has 0 atom stereocenters. The van der Waals surface area contributed by atoms with E-state index in [1.807, 2.05) is 65.4 Å². The Hall–Kier alpha value is -7.30. The van der Waals surface area contributed by atoms with Gasteiger partial charge in [-0.3, -0.25) is 0 Å². The normalized spacial score (nSPS) is 10.9. The van der Waals surface area contributed by atoms with Crippen LogP contribution >= 0.6 is 31.9 Å². The van der Waals surface area contributed by atoms with Crippen molar-refractivity contribution in [3.05, 3.63) is 199 Å². The second kappa shape index (κ2) is 20.5. The zero-order valence-electron chi connectivity index (χ0n) is 35.9.